The van der Waals surface area contributed by atoms with Gasteiger partial charge in [-0.3, -0.25) is 4.79 Å². The van der Waals surface area contributed by atoms with E-state index in [1.165, 1.54) is 0 Å². The Bertz CT molecular complexity index is 679. The molecular weight excluding hydrogens is 280 g/mol. The molecule has 2 aromatic rings. The van der Waals surface area contributed by atoms with E-state index in [4.69, 9.17) is 14.2 Å². The predicted octanol–water partition coefficient (Wildman–Crippen LogP) is 3.17. The molecular formula is C18H18O4. The first kappa shape index (κ1) is 14.4. The van der Waals surface area contributed by atoms with Gasteiger partial charge in [0.25, 0.3) is 0 Å². The van der Waals surface area contributed by atoms with Crippen molar-refractivity contribution < 1.29 is 19.0 Å². The highest BCUT2D eigenvalue weighted by atomic mass is 16.6. The molecule has 1 aliphatic rings. The van der Waals surface area contributed by atoms with Crippen molar-refractivity contribution in [3.05, 3.63) is 53.6 Å². The third-order valence-electron chi connectivity index (χ3n) is 3.48. The number of hydrogen-bond acceptors (Lipinski definition) is 4. The molecule has 0 radical (unpaired) electrons. The molecule has 0 bridgehead atoms. The first-order chi connectivity index (χ1) is 10.8. The van der Waals surface area contributed by atoms with Gasteiger partial charge >= 0.3 is 5.97 Å². The van der Waals surface area contributed by atoms with Crippen LogP contribution in [0.1, 0.15) is 18.1 Å². The molecule has 0 saturated carbocycles. The van der Waals surface area contributed by atoms with Crippen LogP contribution in [0.4, 0.5) is 0 Å². The monoisotopic (exact) mass is 298 g/mol. The van der Waals surface area contributed by atoms with E-state index in [-0.39, 0.29) is 12.4 Å². The summed E-state index contributed by atoms with van der Waals surface area (Å²) in [6.45, 7) is 3.13. The molecule has 114 valence electrons. The van der Waals surface area contributed by atoms with Gasteiger partial charge in [0.2, 0.25) is 0 Å². The van der Waals surface area contributed by atoms with Crippen LogP contribution >= 0.6 is 0 Å². The number of esters is 1. The van der Waals surface area contributed by atoms with Crippen molar-refractivity contribution in [2.45, 2.75) is 19.8 Å². The van der Waals surface area contributed by atoms with Crippen molar-refractivity contribution in [2.75, 3.05) is 13.2 Å². The standard InChI is InChI=1S/C18H18O4/c1-2-20-16-5-3-4-6-17(16)22-18(19)12-13-7-8-15-14(11-13)9-10-21-15/h3-8,11H,2,9-10,12H2,1H3. The van der Waals surface area contributed by atoms with E-state index in [1.54, 1.807) is 12.1 Å². The van der Waals surface area contributed by atoms with Crippen LogP contribution in [0, 0.1) is 0 Å². The molecule has 22 heavy (non-hydrogen) atoms. The summed E-state index contributed by atoms with van der Waals surface area (Å²) in [5, 5.41) is 0. The number of fused-ring (bicyclic) bond motifs is 1. The summed E-state index contributed by atoms with van der Waals surface area (Å²) in [7, 11) is 0. The number of ether oxygens (including phenoxy) is 3. The molecule has 0 N–H and O–H groups in total. The number of rotatable bonds is 5. The van der Waals surface area contributed by atoms with Crippen LogP contribution in [0.15, 0.2) is 42.5 Å². The third kappa shape index (κ3) is 3.22. The topological polar surface area (TPSA) is 44.8 Å². The molecule has 0 aliphatic carbocycles. The van der Waals surface area contributed by atoms with E-state index < -0.39 is 0 Å². The summed E-state index contributed by atoms with van der Waals surface area (Å²) in [6, 6.07) is 13.0. The maximum absolute atomic E-state index is 12.1. The fourth-order valence-corrected chi connectivity index (χ4v) is 2.48. The van der Waals surface area contributed by atoms with Crippen LogP contribution in [-0.4, -0.2) is 19.2 Å². The van der Waals surface area contributed by atoms with Gasteiger partial charge in [-0.05, 0) is 36.2 Å². The molecule has 3 rings (SSSR count). The van der Waals surface area contributed by atoms with Gasteiger partial charge in [-0.2, -0.15) is 0 Å². The minimum Gasteiger partial charge on any atom is -0.493 e. The maximum atomic E-state index is 12.1. The Morgan fingerprint density at radius 2 is 2.00 bits per heavy atom. The number of hydrogen-bond donors (Lipinski definition) is 0. The van der Waals surface area contributed by atoms with Gasteiger partial charge in [0, 0.05) is 6.42 Å². The van der Waals surface area contributed by atoms with Crippen LogP contribution in [-0.2, 0) is 17.6 Å². The fourth-order valence-electron chi connectivity index (χ4n) is 2.48. The zero-order valence-corrected chi connectivity index (χ0v) is 12.5. The van der Waals surface area contributed by atoms with Crippen molar-refractivity contribution in [1.29, 1.82) is 0 Å². The Balaban J connectivity index is 1.68. The Morgan fingerprint density at radius 1 is 1.18 bits per heavy atom. The summed E-state index contributed by atoms with van der Waals surface area (Å²) in [6.07, 6.45) is 1.12. The lowest BCUT2D eigenvalue weighted by molar-refractivity contribution is -0.133. The average molecular weight is 298 g/mol. The highest BCUT2D eigenvalue weighted by Crippen LogP contribution is 2.28. The molecule has 2 aromatic carbocycles. The Kier molecular flexibility index (Phi) is 4.28. The fraction of sp³-hybridized carbons (Fsp3) is 0.278. The molecule has 1 aliphatic heterocycles. The minimum atomic E-state index is -0.300. The SMILES string of the molecule is CCOc1ccccc1OC(=O)Cc1ccc2c(c1)CCO2. The Hall–Kier alpha value is -2.49. The Labute approximate surface area is 129 Å². The van der Waals surface area contributed by atoms with Crippen molar-refractivity contribution >= 4 is 5.97 Å². The van der Waals surface area contributed by atoms with E-state index >= 15 is 0 Å². The molecule has 0 fully saturated rings. The van der Waals surface area contributed by atoms with Gasteiger partial charge in [-0.1, -0.05) is 24.3 Å². The van der Waals surface area contributed by atoms with Crippen molar-refractivity contribution in [3.8, 4) is 17.2 Å². The number of para-hydroxylation sites is 2. The second-order valence-electron chi connectivity index (χ2n) is 5.07. The highest BCUT2D eigenvalue weighted by molar-refractivity contribution is 5.76. The molecule has 1 heterocycles. The summed E-state index contributed by atoms with van der Waals surface area (Å²) in [5.74, 6) is 1.66. The molecule has 0 spiro atoms. The molecule has 0 atom stereocenters. The van der Waals surface area contributed by atoms with Gasteiger partial charge in [-0.25, -0.2) is 0 Å². The normalized spacial score (nSPS) is 12.4. The van der Waals surface area contributed by atoms with Gasteiger partial charge in [0.1, 0.15) is 5.75 Å². The van der Waals surface area contributed by atoms with Gasteiger partial charge < -0.3 is 14.2 Å². The molecule has 4 nitrogen and oxygen atoms in total. The molecule has 0 aromatic heterocycles. The number of carbonyl (C=O) groups excluding carboxylic acids is 1. The van der Waals surface area contributed by atoms with Gasteiger partial charge in [0.15, 0.2) is 11.5 Å². The summed E-state index contributed by atoms with van der Waals surface area (Å²) in [4.78, 5) is 12.1. The van der Waals surface area contributed by atoms with Crippen LogP contribution in [0.25, 0.3) is 0 Å². The summed E-state index contributed by atoms with van der Waals surface area (Å²) < 4.78 is 16.3. The second kappa shape index (κ2) is 6.52. The largest absolute Gasteiger partial charge is 0.493 e. The number of carbonyl (C=O) groups is 1. The first-order valence-corrected chi connectivity index (χ1v) is 7.43. The maximum Gasteiger partial charge on any atom is 0.315 e. The highest BCUT2D eigenvalue weighted by Gasteiger charge is 2.15. The van der Waals surface area contributed by atoms with E-state index in [9.17, 15) is 4.79 Å². The van der Waals surface area contributed by atoms with E-state index in [1.807, 2.05) is 37.3 Å². The van der Waals surface area contributed by atoms with Crippen LogP contribution < -0.4 is 14.2 Å². The van der Waals surface area contributed by atoms with Crippen LogP contribution in [0.2, 0.25) is 0 Å². The molecule has 0 saturated heterocycles. The van der Waals surface area contributed by atoms with E-state index in [0.717, 1.165) is 23.3 Å². The number of benzene rings is 2. The van der Waals surface area contributed by atoms with Gasteiger partial charge in [0.05, 0.1) is 19.6 Å². The molecule has 4 heteroatoms. The summed E-state index contributed by atoms with van der Waals surface area (Å²) in [5.41, 5.74) is 2.09. The molecule has 0 amide bonds. The lowest BCUT2D eigenvalue weighted by atomic mass is 10.1. The van der Waals surface area contributed by atoms with Crippen LogP contribution in [0.3, 0.4) is 0 Å². The zero-order chi connectivity index (χ0) is 15.4. The van der Waals surface area contributed by atoms with E-state index in [2.05, 4.69) is 0 Å². The van der Waals surface area contributed by atoms with E-state index in [0.29, 0.717) is 24.7 Å². The Morgan fingerprint density at radius 3 is 2.82 bits per heavy atom. The summed E-state index contributed by atoms with van der Waals surface area (Å²) >= 11 is 0. The van der Waals surface area contributed by atoms with Crippen molar-refractivity contribution in [1.82, 2.24) is 0 Å². The zero-order valence-electron chi connectivity index (χ0n) is 12.5. The average Bonchev–Trinajstić information content (AvgIpc) is 2.97. The lowest BCUT2D eigenvalue weighted by Gasteiger charge is -2.10. The lowest BCUT2D eigenvalue weighted by Crippen LogP contribution is -2.12. The third-order valence-corrected chi connectivity index (χ3v) is 3.48. The minimum absolute atomic E-state index is 0.230. The van der Waals surface area contributed by atoms with Gasteiger partial charge in [-0.15, -0.1) is 0 Å². The quantitative estimate of drug-likeness (QED) is 0.628. The van der Waals surface area contributed by atoms with Crippen molar-refractivity contribution in [3.63, 3.8) is 0 Å². The van der Waals surface area contributed by atoms with Crippen molar-refractivity contribution in [2.24, 2.45) is 0 Å². The smallest absolute Gasteiger partial charge is 0.315 e. The van der Waals surface area contributed by atoms with Crippen LogP contribution in [0.5, 0.6) is 17.2 Å². The predicted molar refractivity (Wildman–Crippen MR) is 82.6 cm³/mol. The molecule has 0 unspecified atom stereocenters. The first-order valence-electron chi connectivity index (χ1n) is 7.43. The second-order valence-corrected chi connectivity index (χ2v) is 5.07.